The summed E-state index contributed by atoms with van der Waals surface area (Å²) in [5, 5.41) is 4.21. The summed E-state index contributed by atoms with van der Waals surface area (Å²) in [6.45, 7) is 0. The van der Waals surface area contributed by atoms with Crippen molar-refractivity contribution in [2.24, 2.45) is 0 Å². The minimum Gasteiger partial charge on any atom is -0.465 e. The average molecular weight is 578 g/mol. The van der Waals surface area contributed by atoms with E-state index in [9.17, 15) is 32.3 Å². The molecule has 0 radical (unpaired) electrons. The number of carbonyl (C=O) groups is 4. The molecule has 1 heterocycles. The lowest BCUT2D eigenvalue weighted by molar-refractivity contribution is -0.137. The summed E-state index contributed by atoms with van der Waals surface area (Å²) in [6.07, 6.45) is -4.69. The Hall–Kier alpha value is -4.35. The lowest BCUT2D eigenvalue weighted by atomic mass is 10.1. The van der Waals surface area contributed by atoms with Gasteiger partial charge in [-0.25, -0.2) is 9.69 Å². The van der Waals surface area contributed by atoms with Gasteiger partial charge in [0.15, 0.2) is 0 Å². The first-order chi connectivity index (χ1) is 18.4. The molecule has 0 aromatic heterocycles. The third kappa shape index (κ3) is 5.74. The molecular formula is C26H16Cl2F3N3O5. The number of carbonyl (C=O) groups excluding carboxylic acids is 4. The SMILES string of the molecule is COC(=O)c1cccc(N2C(=O)C(Cl)=C(Nc3ccc(C(=O)Nc4ccc(Cl)c(C(F)(F)F)c4)cc3)C2=O)c1. The largest absolute Gasteiger partial charge is 0.465 e. The Kier molecular flexibility index (Phi) is 7.66. The third-order valence-corrected chi connectivity index (χ3v) is 6.18. The molecular weight excluding hydrogens is 562 g/mol. The van der Waals surface area contributed by atoms with Crippen molar-refractivity contribution in [1.82, 2.24) is 0 Å². The normalized spacial score (nSPS) is 13.5. The molecule has 4 rings (SSSR count). The fourth-order valence-electron chi connectivity index (χ4n) is 3.61. The molecule has 0 spiro atoms. The molecule has 1 aliphatic rings. The molecule has 3 amide bonds. The van der Waals surface area contributed by atoms with Gasteiger partial charge in [-0.2, -0.15) is 13.2 Å². The van der Waals surface area contributed by atoms with E-state index in [1.54, 1.807) is 0 Å². The maximum atomic E-state index is 13.1. The number of rotatable bonds is 6. The molecule has 0 atom stereocenters. The van der Waals surface area contributed by atoms with E-state index in [4.69, 9.17) is 23.2 Å². The zero-order valence-electron chi connectivity index (χ0n) is 19.7. The summed E-state index contributed by atoms with van der Waals surface area (Å²) in [5.74, 6) is -2.95. The molecule has 0 bridgehead atoms. The van der Waals surface area contributed by atoms with Gasteiger partial charge < -0.3 is 15.4 Å². The van der Waals surface area contributed by atoms with Crippen molar-refractivity contribution in [3.63, 3.8) is 0 Å². The number of alkyl halides is 3. The second-order valence-corrected chi connectivity index (χ2v) is 8.81. The first-order valence-corrected chi connectivity index (χ1v) is 11.7. The monoisotopic (exact) mass is 577 g/mol. The Bertz CT molecular complexity index is 1540. The van der Waals surface area contributed by atoms with Crippen LogP contribution in [0.15, 0.2) is 77.5 Å². The number of hydrogen-bond acceptors (Lipinski definition) is 6. The molecule has 0 saturated heterocycles. The fraction of sp³-hybridized carbons (Fsp3) is 0.0769. The van der Waals surface area contributed by atoms with E-state index in [0.717, 1.165) is 17.0 Å². The number of anilines is 3. The van der Waals surface area contributed by atoms with E-state index in [1.165, 1.54) is 61.7 Å². The second kappa shape index (κ2) is 10.8. The third-order valence-electron chi connectivity index (χ3n) is 5.50. The van der Waals surface area contributed by atoms with Crippen molar-refractivity contribution in [2.45, 2.75) is 6.18 Å². The van der Waals surface area contributed by atoms with Gasteiger partial charge in [-0.15, -0.1) is 0 Å². The summed E-state index contributed by atoms with van der Waals surface area (Å²) < 4.78 is 43.9. The molecule has 2 N–H and O–H groups in total. The predicted octanol–water partition coefficient (Wildman–Crippen LogP) is 5.83. The van der Waals surface area contributed by atoms with E-state index in [0.29, 0.717) is 0 Å². The highest BCUT2D eigenvalue weighted by Crippen LogP contribution is 2.36. The van der Waals surface area contributed by atoms with Crippen molar-refractivity contribution in [3.05, 3.63) is 99.2 Å². The van der Waals surface area contributed by atoms with Crippen LogP contribution in [0.25, 0.3) is 0 Å². The molecule has 1 aliphatic heterocycles. The van der Waals surface area contributed by atoms with E-state index >= 15 is 0 Å². The Morgan fingerprint density at radius 2 is 1.54 bits per heavy atom. The van der Waals surface area contributed by atoms with Crippen molar-refractivity contribution >= 4 is 64.0 Å². The first-order valence-electron chi connectivity index (χ1n) is 10.9. The minimum absolute atomic E-state index is 0.0965. The van der Waals surface area contributed by atoms with E-state index in [1.807, 2.05) is 0 Å². The van der Waals surface area contributed by atoms with Crippen LogP contribution in [0.2, 0.25) is 5.02 Å². The molecule has 0 saturated carbocycles. The highest BCUT2D eigenvalue weighted by Gasteiger charge is 2.39. The fourth-order valence-corrected chi connectivity index (χ4v) is 4.05. The number of halogens is 5. The van der Waals surface area contributed by atoms with Gasteiger partial charge in [0.1, 0.15) is 10.7 Å². The number of methoxy groups -OCH3 is 1. The van der Waals surface area contributed by atoms with Crippen LogP contribution in [0, 0.1) is 0 Å². The Morgan fingerprint density at radius 1 is 0.872 bits per heavy atom. The van der Waals surface area contributed by atoms with Gasteiger partial charge in [-0.05, 0) is 60.7 Å². The number of nitrogens with one attached hydrogen (secondary N) is 2. The summed E-state index contributed by atoms with van der Waals surface area (Å²) in [5.41, 5.74) is -0.823. The molecule has 8 nitrogen and oxygen atoms in total. The lowest BCUT2D eigenvalue weighted by Gasteiger charge is -2.16. The molecule has 0 fully saturated rings. The van der Waals surface area contributed by atoms with Gasteiger partial charge in [0.05, 0.1) is 28.9 Å². The molecule has 0 aliphatic carbocycles. The van der Waals surface area contributed by atoms with Crippen molar-refractivity contribution in [1.29, 1.82) is 0 Å². The van der Waals surface area contributed by atoms with Crippen LogP contribution in [0.5, 0.6) is 0 Å². The molecule has 3 aromatic rings. The van der Waals surface area contributed by atoms with Crippen molar-refractivity contribution in [3.8, 4) is 0 Å². The average Bonchev–Trinajstić information content (AvgIpc) is 3.11. The van der Waals surface area contributed by atoms with Crippen LogP contribution in [-0.2, 0) is 20.5 Å². The van der Waals surface area contributed by atoms with Gasteiger partial charge in [0.25, 0.3) is 17.7 Å². The summed E-state index contributed by atoms with van der Waals surface area (Å²) in [6, 6.07) is 14.2. The van der Waals surface area contributed by atoms with Gasteiger partial charge >= 0.3 is 12.1 Å². The van der Waals surface area contributed by atoms with Crippen LogP contribution in [0.1, 0.15) is 26.3 Å². The maximum Gasteiger partial charge on any atom is 0.417 e. The molecule has 3 aromatic carbocycles. The minimum atomic E-state index is -4.69. The lowest BCUT2D eigenvalue weighted by Crippen LogP contribution is -2.32. The van der Waals surface area contributed by atoms with Crippen LogP contribution in [0.3, 0.4) is 0 Å². The number of amides is 3. The molecule has 39 heavy (non-hydrogen) atoms. The molecule has 13 heteroatoms. The standard InChI is InChI=1S/C26H16Cl2F3N3O5/c1-39-25(38)14-3-2-4-17(11-14)34-23(36)20(28)21(24(34)37)32-15-7-5-13(6-8-15)22(35)33-16-9-10-19(27)18(12-16)26(29,30)31/h2-12,32H,1H3,(H,33,35). The Balaban J connectivity index is 1.48. The topological polar surface area (TPSA) is 105 Å². The number of imide groups is 1. The van der Waals surface area contributed by atoms with Crippen LogP contribution < -0.4 is 15.5 Å². The summed E-state index contributed by atoms with van der Waals surface area (Å²) in [7, 11) is 1.19. The van der Waals surface area contributed by atoms with E-state index in [-0.39, 0.29) is 33.9 Å². The van der Waals surface area contributed by atoms with Crippen molar-refractivity contribution < 1.29 is 37.1 Å². The van der Waals surface area contributed by atoms with Crippen LogP contribution in [-0.4, -0.2) is 30.8 Å². The predicted molar refractivity (Wildman–Crippen MR) is 138 cm³/mol. The highest BCUT2D eigenvalue weighted by molar-refractivity contribution is 6.53. The second-order valence-electron chi connectivity index (χ2n) is 8.03. The van der Waals surface area contributed by atoms with Gasteiger partial charge in [-0.1, -0.05) is 29.3 Å². The molecule has 200 valence electrons. The summed E-state index contributed by atoms with van der Waals surface area (Å²) in [4.78, 5) is 50.9. The van der Waals surface area contributed by atoms with Crippen molar-refractivity contribution in [2.75, 3.05) is 22.6 Å². The number of benzene rings is 3. The quantitative estimate of drug-likeness (QED) is 0.282. The summed E-state index contributed by atoms with van der Waals surface area (Å²) >= 11 is 11.7. The smallest absolute Gasteiger partial charge is 0.417 e. The number of hydrogen-bond donors (Lipinski definition) is 2. The maximum absolute atomic E-state index is 13.1. The Labute approximate surface area is 228 Å². The van der Waals surface area contributed by atoms with Gasteiger partial charge in [0, 0.05) is 16.9 Å². The van der Waals surface area contributed by atoms with Crippen LogP contribution >= 0.6 is 23.2 Å². The van der Waals surface area contributed by atoms with Gasteiger partial charge in [-0.3, -0.25) is 14.4 Å². The first kappa shape index (κ1) is 27.7. The van der Waals surface area contributed by atoms with Gasteiger partial charge in [0.2, 0.25) is 0 Å². The van der Waals surface area contributed by atoms with Crippen LogP contribution in [0.4, 0.5) is 30.2 Å². The Morgan fingerprint density at radius 3 is 2.18 bits per heavy atom. The molecule has 0 unspecified atom stereocenters. The highest BCUT2D eigenvalue weighted by atomic mass is 35.5. The zero-order valence-corrected chi connectivity index (χ0v) is 21.2. The zero-order chi connectivity index (χ0) is 28.5. The van der Waals surface area contributed by atoms with E-state index < -0.39 is 45.5 Å². The number of nitrogens with zero attached hydrogens (tertiary/aromatic N) is 1. The number of esters is 1. The number of ether oxygens (including phenoxy) is 1. The van der Waals surface area contributed by atoms with E-state index in [2.05, 4.69) is 15.4 Å².